The van der Waals surface area contributed by atoms with E-state index in [9.17, 15) is 4.79 Å². The second-order valence-electron chi connectivity index (χ2n) is 6.28. The molecular weight excluding hydrogens is 390 g/mol. The van der Waals surface area contributed by atoms with Crippen LogP contribution in [0.15, 0.2) is 82.2 Å². The highest BCUT2D eigenvalue weighted by Crippen LogP contribution is 2.26. The quantitative estimate of drug-likeness (QED) is 0.431. The lowest BCUT2D eigenvalue weighted by atomic mass is 10.1. The van der Waals surface area contributed by atoms with Crippen LogP contribution in [0.4, 0.5) is 0 Å². The van der Waals surface area contributed by atoms with Gasteiger partial charge in [0.2, 0.25) is 0 Å². The lowest BCUT2D eigenvalue weighted by molar-refractivity contribution is 0.787. The molecule has 0 unspecified atom stereocenters. The molecule has 0 bridgehead atoms. The number of halogens is 1. The molecule has 5 heteroatoms. The summed E-state index contributed by atoms with van der Waals surface area (Å²) in [6.45, 7) is 0.505. The molecule has 0 aliphatic heterocycles. The Balaban J connectivity index is 1.96. The van der Waals surface area contributed by atoms with Crippen molar-refractivity contribution >= 4 is 43.5 Å². The van der Waals surface area contributed by atoms with Crippen LogP contribution in [0.5, 0.6) is 0 Å². The summed E-state index contributed by atoms with van der Waals surface area (Å²) in [5, 5.41) is 1.55. The van der Waals surface area contributed by atoms with Crippen LogP contribution in [0, 0.1) is 0 Å². The number of rotatable bonds is 2. The Morgan fingerprint density at radius 3 is 2.58 bits per heavy atom. The monoisotopic (exact) mass is 403 g/mol. The number of benzene rings is 2. The zero-order valence-corrected chi connectivity index (χ0v) is 15.3. The maximum Gasteiger partial charge on any atom is 0.260 e. The highest BCUT2D eigenvalue weighted by atomic mass is 79.9. The van der Waals surface area contributed by atoms with Crippen LogP contribution in [-0.4, -0.2) is 14.0 Å². The summed E-state index contributed by atoms with van der Waals surface area (Å²) in [5.41, 5.74) is 3.56. The van der Waals surface area contributed by atoms with Gasteiger partial charge < -0.3 is 0 Å². The molecule has 2 aromatic carbocycles. The number of imidazole rings is 1. The van der Waals surface area contributed by atoms with E-state index in [-0.39, 0.29) is 5.56 Å². The van der Waals surface area contributed by atoms with E-state index in [0.717, 1.165) is 32.2 Å². The highest BCUT2D eigenvalue weighted by Gasteiger charge is 2.16. The molecule has 0 aliphatic rings. The first-order chi connectivity index (χ1) is 12.7. The molecule has 0 saturated heterocycles. The number of aromatic nitrogens is 3. The maximum atomic E-state index is 13.3. The summed E-state index contributed by atoms with van der Waals surface area (Å²) in [4.78, 5) is 18.1. The van der Waals surface area contributed by atoms with E-state index < -0.39 is 0 Å². The predicted molar refractivity (Wildman–Crippen MR) is 108 cm³/mol. The molecule has 0 saturated carbocycles. The number of nitrogens with zero attached hydrogens (tertiary/aromatic N) is 3. The number of hydrogen-bond donors (Lipinski definition) is 0. The van der Waals surface area contributed by atoms with Gasteiger partial charge in [-0.05, 0) is 35.9 Å². The van der Waals surface area contributed by atoms with E-state index in [1.807, 2.05) is 81.9 Å². The van der Waals surface area contributed by atoms with E-state index in [1.54, 1.807) is 0 Å². The summed E-state index contributed by atoms with van der Waals surface area (Å²) in [5.74, 6) is 0. The van der Waals surface area contributed by atoms with Crippen molar-refractivity contribution in [3.63, 3.8) is 0 Å². The Labute approximate surface area is 157 Å². The van der Waals surface area contributed by atoms with E-state index in [4.69, 9.17) is 4.98 Å². The molecule has 26 heavy (non-hydrogen) atoms. The van der Waals surface area contributed by atoms with Crippen molar-refractivity contribution in [3.8, 4) is 0 Å². The van der Waals surface area contributed by atoms with Crippen LogP contribution < -0.4 is 5.56 Å². The van der Waals surface area contributed by atoms with Crippen LogP contribution in [-0.2, 0) is 6.54 Å². The van der Waals surface area contributed by atoms with Crippen LogP contribution in [0.25, 0.3) is 27.6 Å². The third kappa shape index (κ3) is 2.28. The molecule has 3 aromatic heterocycles. The molecule has 5 rings (SSSR count). The molecule has 5 aromatic rings. The van der Waals surface area contributed by atoms with Gasteiger partial charge in [0.1, 0.15) is 16.8 Å². The van der Waals surface area contributed by atoms with Gasteiger partial charge in [-0.2, -0.15) is 0 Å². The molecule has 0 radical (unpaired) electrons. The Hall–Kier alpha value is -2.92. The minimum atomic E-state index is -0.00509. The molecule has 0 fully saturated rings. The van der Waals surface area contributed by atoms with Crippen molar-refractivity contribution < 1.29 is 0 Å². The van der Waals surface area contributed by atoms with Crippen molar-refractivity contribution in [1.82, 2.24) is 14.0 Å². The second-order valence-corrected chi connectivity index (χ2v) is 7.20. The van der Waals surface area contributed by atoms with Gasteiger partial charge >= 0.3 is 0 Å². The Kier molecular flexibility index (Phi) is 3.43. The fraction of sp³-hybridized carbons (Fsp3) is 0.0476. The van der Waals surface area contributed by atoms with Gasteiger partial charge in [-0.15, -0.1) is 0 Å². The summed E-state index contributed by atoms with van der Waals surface area (Å²) >= 11 is 3.52. The first kappa shape index (κ1) is 15.3. The Morgan fingerprint density at radius 2 is 1.73 bits per heavy atom. The fourth-order valence-corrected chi connectivity index (χ4v) is 3.84. The normalized spacial score (nSPS) is 11.6. The Morgan fingerprint density at radius 1 is 0.923 bits per heavy atom. The van der Waals surface area contributed by atoms with Crippen LogP contribution in [0.3, 0.4) is 0 Å². The molecule has 3 heterocycles. The SMILES string of the molecule is O=c1c2ccc(Br)cc2c2nc3ccccn3c2n1Cc1ccccc1. The highest BCUT2D eigenvalue weighted by molar-refractivity contribution is 9.10. The number of pyridine rings is 2. The van der Waals surface area contributed by atoms with Crippen LogP contribution in [0.1, 0.15) is 5.56 Å². The topological polar surface area (TPSA) is 39.3 Å². The first-order valence-corrected chi connectivity index (χ1v) is 9.14. The zero-order valence-electron chi connectivity index (χ0n) is 13.8. The molecule has 126 valence electrons. The third-order valence-electron chi connectivity index (χ3n) is 4.66. The number of fused-ring (bicyclic) bond motifs is 5. The lowest BCUT2D eigenvalue weighted by Crippen LogP contribution is -2.22. The summed E-state index contributed by atoms with van der Waals surface area (Å²) < 4.78 is 4.74. The molecule has 0 aliphatic carbocycles. The minimum absolute atomic E-state index is 0.00509. The summed E-state index contributed by atoms with van der Waals surface area (Å²) in [7, 11) is 0. The second kappa shape index (κ2) is 5.81. The average Bonchev–Trinajstić information content (AvgIpc) is 3.05. The molecule has 0 N–H and O–H groups in total. The third-order valence-corrected chi connectivity index (χ3v) is 5.15. The molecular formula is C21H14BrN3O. The average molecular weight is 404 g/mol. The van der Waals surface area contributed by atoms with E-state index in [1.165, 1.54) is 0 Å². The maximum absolute atomic E-state index is 13.3. The van der Waals surface area contributed by atoms with E-state index in [2.05, 4.69) is 15.9 Å². The van der Waals surface area contributed by atoms with Gasteiger partial charge in [0, 0.05) is 21.4 Å². The van der Waals surface area contributed by atoms with Gasteiger partial charge in [0.25, 0.3) is 5.56 Å². The van der Waals surface area contributed by atoms with E-state index in [0.29, 0.717) is 11.9 Å². The van der Waals surface area contributed by atoms with Crippen molar-refractivity contribution in [2.24, 2.45) is 0 Å². The largest absolute Gasteiger partial charge is 0.287 e. The molecule has 0 spiro atoms. The van der Waals surface area contributed by atoms with Gasteiger partial charge in [-0.3, -0.25) is 13.8 Å². The van der Waals surface area contributed by atoms with Crippen LogP contribution >= 0.6 is 15.9 Å². The van der Waals surface area contributed by atoms with Crippen molar-refractivity contribution in [2.45, 2.75) is 6.54 Å². The Bertz CT molecular complexity index is 1340. The standard InChI is InChI=1S/C21H14BrN3O/c22-15-9-10-16-17(12-15)19-20(24-11-5-4-8-18(24)23-19)25(21(16)26)13-14-6-2-1-3-7-14/h1-12H,13H2. The van der Waals surface area contributed by atoms with Gasteiger partial charge in [-0.1, -0.05) is 52.3 Å². The number of hydrogen-bond acceptors (Lipinski definition) is 2. The first-order valence-electron chi connectivity index (χ1n) is 8.35. The molecule has 4 nitrogen and oxygen atoms in total. The van der Waals surface area contributed by atoms with Gasteiger partial charge in [-0.25, -0.2) is 4.98 Å². The van der Waals surface area contributed by atoms with Crippen molar-refractivity contribution in [3.05, 3.63) is 93.3 Å². The van der Waals surface area contributed by atoms with Crippen LogP contribution in [0.2, 0.25) is 0 Å². The summed E-state index contributed by atoms with van der Waals surface area (Å²) in [6.07, 6.45) is 1.95. The summed E-state index contributed by atoms with van der Waals surface area (Å²) in [6, 6.07) is 21.6. The fourth-order valence-electron chi connectivity index (χ4n) is 3.47. The smallest absolute Gasteiger partial charge is 0.260 e. The lowest BCUT2D eigenvalue weighted by Gasteiger charge is -2.11. The minimum Gasteiger partial charge on any atom is -0.287 e. The van der Waals surface area contributed by atoms with E-state index >= 15 is 0 Å². The van der Waals surface area contributed by atoms with Crippen molar-refractivity contribution in [1.29, 1.82) is 0 Å². The molecule has 0 amide bonds. The molecule has 0 atom stereocenters. The van der Waals surface area contributed by atoms with Gasteiger partial charge in [0.05, 0.1) is 6.54 Å². The van der Waals surface area contributed by atoms with Gasteiger partial charge in [0.15, 0.2) is 0 Å². The predicted octanol–water partition coefficient (Wildman–Crippen LogP) is 4.61. The van der Waals surface area contributed by atoms with Crippen molar-refractivity contribution in [2.75, 3.05) is 0 Å². The zero-order chi connectivity index (χ0) is 17.7.